The number of aryl methyl sites for hydroxylation is 1. The van der Waals surface area contributed by atoms with Crippen LogP contribution >= 0.6 is 15.9 Å². The normalized spacial score (nSPS) is 24.1. The smallest absolute Gasteiger partial charge is 0.0677 e. The Kier molecular flexibility index (Phi) is 3.50. The largest absolute Gasteiger partial charge is 0.381 e. The van der Waals surface area contributed by atoms with Crippen LogP contribution in [-0.4, -0.2) is 6.04 Å². The second-order valence-electron chi connectivity index (χ2n) is 4.38. The van der Waals surface area contributed by atoms with Gasteiger partial charge in [0.25, 0.3) is 0 Å². The van der Waals surface area contributed by atoms with Crippen molar-refractivity contribution in [2.24, 2.45) is 5.92 Å². The maximum absolute atomic E-state index is 9.02. The maximum atomic E-state index is 9.02. The van der Waals surface area contributed by atoms with E-state index in [9.17, 15) is 0 Å². The molecule has 1 aromatic carbocycles. The lowest BCUT2D eigenvalue weighted by molar-refractivity contribution is 0.630. The molecule has 0 amide bonds. The molecule has 1 aliphatic carbocycles. The lowest BCUT2D eigenvalue weighted by atomic mass is 10.1. The minimum absolute atomic E-state index is 0.170. The summed E-state index contributed by atoms with van der Waals surface area (Å²) in [7, 11) is 0. The van der Waals surface area contributed by atoms with Gasteiger partial charge in [0.2, 0.25) is 0 Å². The Hall–Kier alpha value is -1.01. The quantitative estimate of drug-likeness (QED) is 0.892. The third-order valence-electron chi connectivity index (χ3n) is 3.19. The van der Waals surface area contributed by atoms with Crippen molar-refractivity contribution in [3.05, 3.63) is 28.2 Å². The lowest BCUT2D eigenvalue weighted by Crippen LogP contribution is -2.22. The topological polar surface area (TPSA) is 35.8 Å². The summed E-state index contributed by atoms with van der Waals surface area (Å²) in [5.41, 5.74) is 2.34. The Morgan fingerprint density at radius 2 is 2.25 bits per heavy atom. The number of hydrogen-bond acceptors (Lipinski definition) is 2. The molecule has 1 saturated carbocycles. The zero-order valence-corrected chi connectivity index (χ0v) is 10.9. The summed E-state index contributed by atoms with van der Waals surface area (Å²) >= 11 is 3.49. The fraction of sp³-hybridized carbons (Fsp3) is 0.462. The number of halogens is 1. The van der Waals surface area contributed by atoms with Gasteiger partial charge in [-0.2, -0.15) is 5.26 Å². The Labute approximate surface area is 105 Å². The molecule has 1 fully saturated rings. The molecule has 0 aromatic heterocycles. The predicted octanol–water partition coefficient (Wildman–Crippen LogP) is 3.86. The molecule has 0 heterocycles. The summed E-state index contributed by atoms with van der Waals surface area (Å²) in [6.07, 6.45) is 3.29. The second kappa shape index (κ2) is 4.88. The van der Waals surface area contributed by atoms with Crippen molar-refractivity contribution < 1.29 is 0 Å². The third kappa shape index (κ3) is 2.38. The van der Waals surface area contributed by atoms with Crippen molar-refractivity contribution in [2.45, 2.75) is 32.2 Å². The highest BCUT2D eigenvalue weighted by Gasteiger charge is 2.26. The Balaban J connectivity index is 2.09. The zero-order chi connectivity index (χ0) is 11.5. The minimum Gasteiger partial charge on any atom is -0.381 e. The first-order valence-corrected chi connectivity index (χ1v) is 6.42. The van der Waals surface area contributed by atoms with E-state index in [1.807, 2.05) is 6.07 Å². The molecule has 84 valence electrons. The van der Waals surface area contributed by atoms with Gasteiger partial charge in [-0.05, 0) is 49.9 Å². The number of rotatable bonds is 2. The van der Waals surface area contributed by atoms with Gasteiger partial charge in [0, 0.05) is 16.2 Å². The average Bonchev–Trinajstić information content (AvgIpc) is 2.71. The van der Waals surface area contributed by atoms with Crippen LogP contribution in [0.25, 0.3) is 0 Å². The summed E-state index contributed by atoms with van der Waals surface area (Å²) in [5, 5.41) is 12.5. The van der Waals surface area contributed by atoms with Gasteiger partial charge in [0.05, 0.1) is 12.0 Å². The van der Waals surface area contributed by atoms with Crippen LogP contribution in [0.4, 0.5) is 5.69 Å². The fourth-order valence-electron chi connectivity index (χ4n) is 2.24. The van der Waals surface area contributed by atoms with E-state index in [1.165, 1.54) is 5.56 Å². The highest BCUT2D eigenvalue weighted by molar-refractivity contribution is 9.10. The van der Waals surface area contributed by atoms with Gasteiger partial charge in [0.1, 0.15) is 0 Å². The van der Waals surface area contributed by atoms with E-state index < -0.39 is 0 Å². The van der Waals surface area contributed by atoms with Crippen LogP contribution < -0.4 is 5.32 Å². The van der Waals surface area contributed by atoms with Crippen LogP contribution in [0.5, 0.6) is 0 Å². The van der Waals surface area contributed by atoms with E-state index >= 15 is 0 Å². The molecule has 2 rings (SSSR count). The van der Waals surface area contributed by atoms with Crippen molar-refractivity contribution >= 4 is 21.6 Å². The summed E-state index contributed by atoms with van der Waals surface area (Å²) < 4.78 is 1.13. The van der Waals surface area contributed by atoms with Gasteiger partial charge in [-0.3, -0.25) is 0 Å². The SMILES string of the molecule is Cc1cc(NC2CCCC2C#N)ccc1Br. The molecule has 2 nitrogen and oxygen atoms in total. The molecule has 2 atom stereocenters. The number of nitriles is 1. The van der Waals surface area contributed by atoms with E-state index in [1.54, 1.807) is 0 Å². The van der Waals surface area contributed by atoms with Crippen molar-refractivity contribution in [3.63, 3.8) is 0 Å². The van der Waals surface area contributed by atoms with Gasteiger partial charge < -0.3 is 5.32 Å². The molecule has 0 spiro atoms. The molecule has 3 heteroatoms. The van der Waals surface area contributed by atoms with Crippen LogP contribution in [0.15, 0.2) is 22.7 Å². The first kappa shape index (κ1) is 11.5. The third-order valence-corrected chi connectivity index (χ3v) is 4.08. The maximum Gasteiger partial charge on any atom is 0.0677 e. The highest BCUT2D eigenvalue weighted by Crippen LogP contribution is 2.29. The van der Waals surface area contributed by atoms with E-state index in [2.05, 4.69) is 46.4 Å². The summed E-state index contributed by atoms with van der Waals surface area (Å²) in [4.78, 5) is 0. The molecule has 1 aliphatic rings. The molecule has 0 bridgehead atoms. The lowest BCUT2D eigenvalue weighted by Gasteiger charge is -2.17. The van der Waals surface area contributed by atoms with Gasteiger partial charge in [0.15, 0.2) is 0 Å². The molecular formula is C13H15BrN2. The van der Waals surface area contributed by atoms with Crippen LogP contribution in [0.2, 0.25) is 0 Å². The van der Waals surface area contributed by atoms with Crippen molar-refractivity contribution in [2.75, 3.05) is 5.32 Å². The Bertz CT molecular complexity index is 422. The predicted molar refractivity (Wildman–Crippen MR) is 69.2 cm³/mol. The summed E-state index contributed by atoms with van der Waals surface area (Å²) in [6, 6.07) is 8.94. The summed E-state index contributed by atoms with van der Waals surface area (Å²) in [6.45, 7) is 2.08. The van der Waals surface area contributed by atoms with Gasteiger partial charge >= 0.3 is 0 Å². The Morgan fingerprint density at radius 3 is 2.94 bits per heavy atom. The van der Waals surface area contributed by atoms with E-state index in [-0.39, 0.29) is 5.92 Å². The van der Waals surface area contributed by atoms with Crippen LogP contribution in [-0.2, 0) is 0 Å². The van der Waals surface area contributed by atoms with Crippen LogP contribution in [0.3, 0.4) is 0 Å². The highest BCUT2D eigenvalue weighted by atomic mass is 79.9. The van der Waals surface area contributed by atoms with Gasteiger partial charge in [-0.15, -0.1) is 0 Å². The molecule has 0 saturated heterocycles. The van der Waals surface area contributed by atoms with Crippen molar-refractivity contribution in [1.82, 2.24) is 0 Å². The number of benzene rings is 1. The molecule has 1 aromatic rings. The minimum atomic E-state index is 0.170. The summed E-state index contributed by atoms with van der Waals surface area (Å²) in [5.74, 6) is 0.170. The van der Waals surface area contributed by atoms with E-state index in [0.717, 1.165) is 29.4 Å². The van der Waals surface area contributed by atoms with Crippen LogP contribution in [0.1, 0.15) is 24.8 Å². The van der Waals surface area contributed by atoms with E-state index in [4.69, 9.17) is 5.26 Å². The standard InChI is InChI=1S/C13H15BrN2/c1-9-7-11(5-6-12(9)14)16-13-4-2-3-10(13)8-15/h5-7,10,13,16H,2-4H2,1H3. The fourth-order valence-corrected chi connectivity index (χ4v) is 2.48. The van der Waals surface area contributed by atoms with Crippen molar-refractivity contribution in [1.29, 1.82) is 5.26 Å². The van der Waals surface area contributed by atoms with Crippen LogP contribution in [0, 0.1) is 24.2 Å². The average molecular weight is 279 g/mol. The molecule has 0 aliphatic heterocycles. The number of nitrogens with one attached hydrogen (secondary N) is 1. The molecule has 16 heavy (non-hydrogen) atoms. The van der Waals surface area contributed by atoms with Gasteiger partial charge in [-0.25, -0.2) is 0 Å². The Morgan fingerprint density at radius 1 is 1.44 bits per heavy atom. The molecule has 0 radical (unpaired) electrons. The van der Waals surface area contributed by atoms with Gasteiger partial charge in [-0.1, -0.05) is 15.9 Å². The number of anilines is 1. The first-order valence-electron chi connectivity index (χ1n) is 5.63. The number of hydrogen-bond donors (Lipinski definition) is 1. The second-order valence-corrected chi connectivity index (χ2v) is 5.24. The molecule has 2 unspecified atom stereocenters. The zero-order valence-electron chi connectivity index (χ0n) is 9.33. The first-order chi connectivity index (χ1) is 7.70. The molecule has 1 N–H and O–H groups in total. The van der Waals surface area contributed by atoms with Crippen molar-refractivity contribution in [3.8, 4) is 6.07 Å². The van der Waals surface area contributed by atoms with E-state index in [0.29, 0.717) is 6.04 Å². The monoisotopic (exact) mass is 278 g/mol. The number of nitrogens with zero attached hydrogens (tertiary/aromatic N) is 1. The molecular weight excluding hydrogens is 264 g/mol.